The third kappa shape index (κ3) is 3.97. The molecular formula is C14H23BrN2O. The molecule has 0 aliphatic heterocycles. The topological polar surface area (TPSA) is 24.5 Å². The Morgan fingerprint density at radius 1 is 1.44 bits per heavy atom. The number of benzene rings is 1. The first-order valence-electron chi connectivity index (χ1n) is 6.34. The number of likely N-dealkylation sites (N-methyl/N-ethyl adjacent to an activating group) is 1. The molecule has 1 aromatic carbocycles. The van der Waals surface area contributed by atoms with E-state index in [1.165, 1.54) is 11.3 Å². The van der Waals surface area contributed by atoms with Gasteiger partial charge < -0.3 is 15.0 Å². The van der Waals surface area contributed by atoms with E-state index >= 15 is 0 Å². The largest absolute Gasteiger partial charge is 0.383 e. The predicted molar refractivity (Wildman–Crippen MR) is 81.4 cm³/mol. The fourth-order valence-corrected chi connectivity index (χ4v) is 2.51. The average Bonchev–Trinajstić information content (AvgIpc) is 2.40. The number of anilines is 1. The maximum absolute atomic E-state index is 5.15. The fraction of sp³-hybridized carbons (Fsp3) is 0.571. The van der Waals surface area contributed by atoms with Crippen LogP contribution in [0.5, 0.6) is 0 Å². The van der Waals surface area contributed by atoms with E-state index < -0.39 is 0 Å². The zero-order valence-electron chi connectivity index (χ0n) is 11.7. The normalized spacial score (nSPS) is 12.5. The van der Waals surface area contributed by atoms with Crippen LogP contribution in [0.4, 0.5) is 5.69 Å². The number of rotatable bonds is 7. The molecule has 1 atom stereocenters. The molecule has 1 aromatic rings. The molecule has 0 heterocycles. The molecule has 0 bridgehead atoms. The summed E-state index contributed by atoms with van der Waals surface area (Å²) in [5.41, 5.74) is 2.51. The van der Waals surface area contributed by atoms with Gasteiger partial charge in [0, 0.05) is 30.7 Å². The number of methoxy groups -OCH3 is 1. The van der Waals surface area contributed by atoms with Gasteiger partial charge in [-0.1, -0.05) is 6.07 Å². The van der Waals surface area contributed by atoms with Crippen molar-refractivity contribution >= 4 is 21.6 Å². The SMILES string of the molecule is CCN(CCOC)c1ccc(C(C)NC)cc1Br. The first-order valence-corrected chi connectivity index (χ1v) is 7.13. The zero-order chi connectivity index (χ0) is 13.5. The Kier molecular flexibility index (Phi) is 6.68. The highest BCUT2D eigenvalue weighted by molar-refractivity contribution is 9.10. The molecule has 3 nitrogen and oxygen atoms in total. The predicted octanol–water partition coefficient (Wildman–Crippen LogP) is 3.20. The molecule has 1 unspecified atom stereocenters. The molecule has 0 aliphatic rings. The molecule has 0 saturated heterocycles. The Morgan fingerprint density at radius 2 is 2.17 bits per heavy atom. The standard InChI is InChI=1S/C14H23BrN2O/c1-5-17(8-9-18-4)14-7-6-12(10-13(14)15)11(2)16-3/h6-7,10-11,16H,5,8-9H2,1-4H3. The van der Waals surface area contributed by atoms with E-state index in [0.717, 1.165) is 24.2 Å². The molecule has 0 aliphatic carbocycles. The van der Waals surface area contributed by atoms with Crippen molar-refractivity contribution in [3.63, 3.8) is 0 Å². The zero-order valence-corrected chi connectivity index (χ0v) is 13.3. The number of nitrogens with zero attached hydrogens (tertiary/aromatic N) is 1. The van der Waals surface area contributed by atoms with E-state index in [1.54, 1.807) is 7.11 Å². The molecule has 0 saturated carbocycles. The first-order chi connectivity index (χ1) is 8.63. The van der Waals surface area contributed by atoms with Crippen LogP contribution in [0, 0.1) is 0 Å². The molecule has 1 rings (SSSR count). The third-order valence-electron chi connectivity index (χ3n) is 3.19. The van der Waals surface area contributed by atoms with Crippen molar-refractivity contribution in [1.82, 2.24) is 5.32 Å². The quantitative estimate of drug-likeness (QED) is 0.836. The highest BCUT2D eigenvalue weighted by Crippen LogP contribution is 2.29. The second kappa shape index (κ2) is 7.77. The second-order valence-corrected chi connectivity index (χ2v) is 5.15. The van der Waals surface area contributed by atoms with Gasteiger partial charge in [-0.05, 0) is 54.5 Å². The Labute approximate surface area is 119 Å². The van der Waals surface area contributed by atoms with E-state index in [4.69, 9.17) is 4.74 Å². The average molecular weight is 315 g/mol. The van der Waals surface area contributed by atoms with Crippen LogP contribution in [0.1, 0.15) is 25.5 Å². The minimum absolute atomic E-state index is 0.365. The number of hydrogen-bond acceptors (Lipinski definition) is 3. The summed E-state index contributed by atoms with van der Waals surface area (Å²) in [7, 11) is 3.71. The Morgan fingerprint density at radius 3 is 2.67 bits per heavy atom. The van der Waals surface area contributed by atoms with Crippen molar-refractivity contribution < 1.29 is 4.74 Å². The summed E-state index contributed by atoms with van der Waals surface area (Å²) in [5, 5.41) is 3.25. The Balaban J connectivity index is 2.89. The van der Waals surface area contributed by atoms with E-state index in [0.29, 0.717) is 6.04 Å². The summed E-state index contributed by atoms with van der Waals surface area (Å²) in [5.74, 6) is 0. The van der Waals surface area contributed by atoms with Gasteiger partial charge in [0.15, 0.2) is 0 Å². The molecule has 1 N–H and O–H groups in total. The maximum Gasteiger partial charge on any atom is 0.0637 e. The summed E-state index contributed by atoms with van der Waals surface area (Å²) in [6, 6.07) is 6.90. The van der Waals surface area contributed by atoms with Crippen LogP contribution in [-0.2, 0) is 4.74 Å². The molecule has 0 aromatic heterocycles. The van der Waals surface area contributed by atoms with Gasteiger partial charge in [0.25, 0.3) is 0 Å². The van der Waals surface area contributed by atoms with Gasteiger partial charge in [-0.2, -0.15) is 0 Å². The number of hydrogen-bond donors (Lipinski definition) is 1. The first kappa shape index (κ1) is 15.5. The van der Waals surface area contributed by atoms with Crippen molar-refractivity contribution in [1.29, 1.82) is 0 Å². The Bertz CT molecular complexity index is 371. The lowest BCUT2D eigenvalue weighted by Crippen LogP contribution is -2.27. The summed E-state index contributed by atoms with van der Waals surface area (Å²) in [4.78, 5) is 2.31. The van der Waals surface area contributed by atoms with Crippen LogP contribution >= 0.6 is 15.9 Å². The molecule has 4 heteroatoms. The lowest BCUT2D eigenvalue weighted by Gasteiger charge is -2.25. The van der Waals surface area contributed by atoms with Crippen LogP contribution in [0.25, 0.3) is 0 Å². The van der Waals surface area contributed by atoms with E-state index in [-0.39, 0.29) is 0 Å². The van der Waals surface area contributed by atoms with Gasteiger partial charge in [0.2, 0.25) is 0 Å². The number of nitrogens with one attached hydrogen (secondary N) is 1. The molecule has 0 radical (unpaired) electrons. The smallest absolute Gasteiger partial charge is 0.0637 e. The van der Waals surface area contributed by atoms with Gasteiger partial charge >= 0.3 is 0 Å². The minimum atomic E-state index is 0.365. The highest BCUT2D eigenvalue weighted by Gasteiger charge is 2.10. The van der Waals surface area contributed by atoms with Gasteiger partial charge in [-0.15, -0.1) is 0 Å². The lowest BCUT2D eigenvalue weighted by atomic mass is 10.1. The molecule has 18 heavy (non-hydrogen) atoms. The van der Waals surface area contributed by atoms with Crippen LogP contribution < -0.4 is 10.2 Å². The molecule has 0 spiro atoms. The highest BCUT2D eigenvalue weighted by atomic mass is 79.9. The number of ether oxygens (including phenoxy) is 1. The van der Waals surface area contributed by atoms with Crippen molar-refractivity contribution in [2.45, 2.75) is 19.9 Å². The van der Waals surface area contributed by atoms with Crippen molar-refractivity contribution in [2.75, 3.05) is 38.8 Å². The summed E-state index contributed by atoms with van der Waals surface area (Å²) < 4.78 is 6.29. The Hall–Kier alpha value is -0.580. The van der Waals surface area contributed by atoms with Gasteiger partial charge in [-0.3, -0.25) is 0 Å². The third-order valence-corrected chi connectivity index (χ3v) is 3.83. The molecule has 0 fully saturated rings. The minimum Gasteiger partial charge on any atom is -0.383 e. The van der Waals surface area contributed by atoms with Crippen molar-refractivity contribution in [3.8, 4) is 0 Å². The summed E-state index contributed by atoms with van der Waals surface area (Å²) in [6.07, 6.45) is 0. The van der Waals surface area contributed by atoms with Crippen LogP contribution in [-0.4, -0.2) is 33.9 Å². The van der Waals surface area contributed by atoms with E-state index in [2.05, 4.69) is 58.2 Å². The maximum atomic E-state index is 5.15. The molecule has 102 valence electrons. The van der Waals surface area contributed by atoms with Crippen LogP contribution in [0.15, 0.2) is 22.7 Å². The fourth-order valence-electron chi connectivity index (χ4n) is 1.87. The molecule has 0 amide bonds. The van der Waals surface area contributed by atoms with E-state index in [1.807, 2.05) is 7.05 Å². The van der Waals surface area contributed by atoms with E-state index in [9.17, 15) is 0 Å². The van der Waals surface area contributed by atoms with Crippen molar-refractivity contribution in [3.05, 3.63) is 28.2 Å². The number of halogens is 1. The monoisotopic (exact) mass is 314 g/mol. The van der Waals surface area contributed by atoms with Crippen LogP contribution in [0.3, 0.4) is 0 Å². The summed E-state index contributed by atoms with van der Waals surface area (Å²) in [6.45, 7) is 6.94. The van der Waals surface area contributed by atoms with Crippen LogP contribution in [0.2, 0.25) is 0 Å². The van der Waals surface area contributed by atoms with Gasteiger partial charge in [0.05, 0.1) is 12.3 Å². The van der Waals surface area contributed by atoms with Crippen molar-refractivity contribution in [2.24, 2.45) is 0 Å². The van der Waals surface area contributed by atoms with Gasteiger partial charge in [0.1, 0.15) is 0 Å². The second-order valence-electron chi connectivity index (χ2n) is 4.29. The lowest BCUT2D eigenvalue weighted by molar-refractivity contribution is 0.205. The molecular weight excluding hydrogens is 292 g/mol. The van der Waals surface area contributed by atoms with Gasteiger partial charge in [-0.25, -0.2) is 0 Å². The summed E-state index contributed by atoms with van der Waals surface area (Å²) >= 11 is 3.67.